The number of aromatic amines is 1. The number of nitrogens with zero attached hydrogens (tertiary/aromatic N) is 2. The van der Waals surface area contributed by atoms with Crippen molar-refractivity contribution < 1.29 is 4.74 Å². The lowest BCUT2D eigenvalue weighted by Crippen LogP contribution is -2.29. The average molecular weight is 376 g/mol. The van der Waals surface area contributed by atoms with Crippen LogP contribution in [0.2, 0.25) is 0 Å². The SMILES string of the molecule is COc1ccc(-c2cc(=O)[nH]c(Nc3ccc(N4CCCCC4)cc3)n2)cc1. The van der Waals surface area contributed by atoms with E-state index in [1.165, 1.54) is 31.0 Å². The minimum absolute atomic E-state index is 0.201. The summed E-state index contributed by atoms with van der Waals surface area (Å²) in [6, 6.07) is 17.2. The number of anilines is 3. The van der Waals surface area contributed by atoms with E-state index in [-0.39, 0.29) is 5.56 Å². The van der Waals surface area contributed by atoms with Gasteiger partial charge in [0.15, 0.2) is 0 Å². The summed E-state index contributed by atoms with van der Waals surface area (Å²) in [6.45, 7) is 2.23. The van der Waals surface area contributed by atoms with E-state index in [2.05, 4.69) is 32.3 Å². The van der Waals surface area contributed by atoms with Crippen molar-refractivity contribution in [1.29, 1.82) is 0 Å². The van der Waals surface area contributed by atoms with Gasteiger partial charge in [-0.05, 0) is 67.8 Å². The van der Waals surface area contributed by atoms with Crippen LogP contribution >= 0.6 is 0 Å². The van der Waals surface area contributed by atoms with Crippen molar-refractivity contribution in [2.75, 3.05) is 30.4 Å². The molecule has 0 aliphatic carbocycles. The van der Waals surface area contributed by atoms with Gasteiger partial charge in [0.2, 0.25) is 5.95 Å². The Hall–Kier alpha value is -3.28. The van der Waals surface area contributed by atoms with Crippen molar-refractivity contribution in [2.45, 2.75) is 19.3 Å². The van der Waals surface area contributed by atoms with Gasteiger partial charge in [0, 0.05) is 36.1 Å². The molecule has 0 bridgehead atoms. The van der Waals surface area contributed by atoms with Crippen LogP contribution in [0.1, 0.15) is 19.3 Å². The Morgan fingerprint density at radius 2 is 1.71 bits per heavy atom. The third kappa shape index (κ3) is 4.17. The highest BCUT2D eigenvalue weighted by Gasteiger charge is 2.11. The summed E-state index contributed by atoms with van der Waals surface area (Å²) in [6.07, 6.45) is 3.83. The van der Waals surface area contributed by atoms with E-state index in [9.17, 15) is 4.79 Å². The van der Waals surface area contributed by atoms with Crippen molar-refractivity contribution in [3.8, 4) is 17.0 Å². The number of aromatic nitrogens is 2. The van der Waals surface area contributed by atoms with Gasteiger partial charge in [0.1, 0.15) is 5.75 Å². The molecule has 0 saturated carbocycles. The van der Waals surface area contributed by atoms with Gasteiger partial charge in [0.25, 0.3) is 5.56 Å². The maximum atomic E-state index is 12.1. The Balaban J connectivity index is 1.52. The number of H-pyrrole nitrogens is 1. The molecule has 3 aromatic rings. The third-order valence-corrected chi connectivity index (χ3v) is 4.98. The van der Waals surface area contributed by atoms with E-state index in [0.717, 1.165) is 30.1 Å². The van der Waals surface area contributed by atoms with Crippen molar-refractivity contribution in [1.82, 2.24) is 9.97 Å². The summed E-state index contributed by atoms with van der Waals surface area (Å²) in [4.78, 5) is 21.8. The Bertz CT molecular complexity index is 975. The molecule has 0 atom stereocenters. The fraction of sp³-hybridized carbons (Fsp3) is 0.273. The second-order valence-electron chi connectivity index (χ2n) is 6.93. The van der Waals surface area contributed by atoms with Crippen LogP contribution in [0.3, 0.4) is 0 Å². The van der Waals surface area contributed by atoms with E-state index >= 15 is 0 Å². The second-order valence-corrected chi connectivity index (χ2v) is 6.93. The first-order valence-corrected chi connectivity index (χ1v) is 9.59. The van der Waals surface area contributed by atoms with Gasteiger partial charge in [-0.1, -0.05) is 0 Å². The predicted molar refractivity (Wildman–Crippen MR) is 113 cm³/mol. The van der Waals surface area contributed by atoms with Crippen LogP contribution in [0.15, 0.2) is 59.4 Å². The van der Waals surface area contributed by atoms with Crippen molar-refractivity contribution in [3.05, 3.63) is 65.0 Å². The molecule has 144 valence electrons. The van der Waals surface area contributed by atoms with Gasteiger partial charge in [-0.25, -0.2) is 4.98 Å². The summed E-state index contributed by atoms with van der Waals surface area (Å²) >= 11 is 0. The highest BCUT2D eigenvalue weighted by atomic mass is 16.5. The molecule has 2 N–H and O–H groups in total. The number of benzene rings is 2. The van der Waals surface area contributed by atoms with E-state index in [4.69, 9.17) is 4.74 Å². The molecule has 0 unspecified atom stereocenters. The van der Waals surface area contributed by atoms with Crippen LogP contribution in [-0.2, 0) is 0 Å². The molecule has 0 radical (unpaired) electrons. The van der Waals surface area contributed by atoms with Crippen molar-refractivity contribution in [3.63, 3.8) is 0 Å². The number of methoxy groups -OCH3 is 1. The van der Waals surface area contributed by atoms with Gasteiger partial charge in [-0.3, -0.25) is 9.78 Å². The number of rotatable bonds is 5. The molecule has 1 aliphatic heterocycles. The summed E-state index contributed by atoms with van der Waals surface area (Å²) < 4.78 is 5.18. The number of hydrogen-bond acceptors (Lipinski definition) is 5. The number of ether oxygens (including phenoxy) is 1. The fourth-order valence-electron chi connectivity index (χ4n) is 3.47. The molecule has 2 aromatic carbocycles. The highest BCUT2D eigenvalue weighted by Crippen LogP contribution is 2.24. The second kappa shape index (κ2) is 8.17. The van der Waals surface area contributed by atoms with Crippen LogP contribution in [-0.4, -0.2) is 30.2 Å². The van der Waals surface area contributed by atoms with Crippen LogP contribution in [0.25, 0.3) is 11.3 Å². The topological polar surface area (TPSA) is 70.2 Å². The van der Waals surface area contributed by atoms with Crippen LogP contribution < -0.4 is 20.5 Å². The number of piperidine rings is 1. The zero-order chi connectivity index (χ0) is 19.3. The standard InChI is InChI=1S/C22H24N4O2/c1-28-19-11-5-16(6-12-19)20-15-21(27)25-22(24-20)23-17-7-9-18(10-8-17)26-13-3-2-4-14-26/h5-12,15H,2-4,13-14H2,1H3,(H2,23,24,25,27). The van der Waals surface area contributed by atoms with Gasteiger partial charge in [-0.15, -0.1) is 0 Å². The first kappa shape index (κ1) is 18.1. The maximum Gasteiger partial charge on any atom is 0.252 e. The lowest BCUT2D eigenvalue weighted by Gasteiger charge is -2.28. The monoisotopic (exact) mass is 376 g/mol. The Morgan fingerprint density at radius 1 is 1.00 bits per heavy atom. The van der Waals surface area contributed by atoms with Crippen molar-refractivity contribution >= 4 is 17.3 Å². The molecular weight excluding hydrogens is 352 g/mol. The zero-order valence-electron chi connectivity index (χ0n) is 15.9. The van der Waals surface area contributed by atoms with E-state index in [1.54, 1.807) is 7.11 Å². The Kier molecular flexibility index (Phi) is 5.28. The normalized spacial score (nSPS) is 14.0. The highest BCUT2D eigenvalue weighted by molar-refractivity contribution is 5.64. The average Bonchev–Trinajstić information content (AvgIpc) is 2.74. The molecule has 4 rings (SSSR count). The van der Waals surface area contributed by atoms with Gasteiger partial charge in [0.05, 0.1) is 12.8 Å². The minimum Gasteiger partial charge on any atom is -0.497 e. The molecule has 1 aliphatic rings. The largest absolute Gasteiger partial charge is 0.497 e. The summed E-state index contributed by atoms with van der Waals surface area (Å²) in [7, 11) is 1.62. The van der Waals surface area contributed by atoms with Crippen LogP contribution in [0.5, 0.6) is 5.75 Å². The molecule has 6 nitrogen and oxygen atoms in total. The number of hydrogen-bond donors (Lipinski definition) is 2. The third-order valence-electron chi connectivity index (χ3n) is 4.98. The molecule has 2 heterocycles. The lowest BCUT2D eigenvalue weighted by atomic mass is 10.1. The van der Waals surface area contributed by atoms with E-state index in [1.807, 2.05) is 36.4 Å². The molecule has 1 fully saturated rings. The van der Waals surface area contributed by atoms with Gasteiger partial charge in [-0.2, -0.15) is 0 Å². The molecule has 1 saturated heterocycles. The molecular formula is C22H24N4O2. The van der Waals surface area contributed by atoms with Crippen LogP contribution in [0, 0.1) is 0 Å². The van der Waals surface area contributed by atoms with Crippen LogP contribution in [0.4, 0.5) is 17.3 Å². The van der Waals surface area contributed by atoms with Gasteiger partial charge >= 0.3 is 0 Å². The Labute approximate surface area is 164 Å². The molecule has 0 spiro atoms. The summed E-state index contributed by atoms with van der Waals surface area (Å²) in [5, 5.41) is 3.20. The summed E-state index contributed by atoms with van der Waals surface area (Å²) in [5.41, 5.74) is 3.39. The fourth-order valence-corrected chi connectivity index (χ4v) is 3.47. The lowest BCUT2D eigenvalue weighted by molar-refractivity contribution is 0.415. The van der Waals surface area contributed by atoms with E-state index in [0.29, 0.717) is 11.6 Å². The molecule has 1 aromatic heterocycles. The molecule has 6 heteroatoms. The maximum absolute atomic E-state index is 12.1. The van der Waals surface area contributed by atoms with Crippen molar-refractivity contribution in [2.24, 2.45) is 0 Å². The zero-order valence-corrected chi connectivity index (χ0v) is 15.9. The first-order chi connectivity index (χ1) is 13.7. The first-order valence-electron chi connectivity index (χ1n) is 9.59. The summed E-state index contributed by atoms with van der Waals surface area (Å²) in [5.74, 6) is 1.18. The number of nitrogens with one attached hydrogen (secondary N) is 2. The molecule has 28 heavy (non-hydrogen) atoms. The van der Waals surface area contributed by atoms with E-state index < -0.39 is 0 Å². The predicted octanol–water partition coefficient (Wildman–Crippen LogP) is 4.18. The smallest absolute Gasteiger partial charge is 0.252 e. The molecule has 0 amide bonds. The van der Waals surface area contributed by atoms with Gasteiger partial charge < -0.3 is 15.0 Å². The Morgan fingerprint density at radius 3 is 2.39 bits per heavy atom. The minimum atomic E-state index is -0.201. The quantitative estimate of drug-likeness (QED) is 0.699.